The topological polar surface area (TPSA) is 0 Å². The first-order chi connectivity index (χ1) is 8.95. The molecule has 0 aliphatic carbocycles. The molecule has 0 heteroatoms. The lowest BCUT2D eigenvalue weighted by atomic mass is 10.1. The predicted molar refractivity (Wildman–Crippen MR) is 78.3 cm³/mol. The second-order valence-electron chi connectivity index (χ2n) is 4.47. The van der Waals surface area contributed by atoms with Crippen molar-refractivity contribution < 1.29 is 0 Å². The lowest BCUT2D eigenvalue weighted by Crippen LogP contribution is -1.84. The van der Waals surface area contributed by atoms with Crippen molar-refractivity contribution in [3.05, 3.63) is 77.9 Å². The molecule has 1 radical (unpaired) electrons. The van der Waals surface area contributed by atoms with Crippen molar-refractivity contribution in [2.24, 2.45) is 0 Å². The number of hydrogen-bond acceptors (Lipinski definition) is 0. The molecule has 2 aromatic rings. The average Bonchev–Trinajstić information content (AvgIpc) is 2.45. The number of rotatable bonds is 6. The standard InChI is InChI=1S/C18H19/c1(5-11-17-13-7-3-8-14-17)2-6-12-18-15-9-4-10-16-18/h3,5,7-11,13-16H,1-2,6,12H2. The molecule has 0 N–H and O–H groups in total. The zero-order valence-corrected chi connectivity index (χ0v) is 10.7. The molecule has 0 aliphatic heterocycles. The highest BCUT2D eigenvalue weighted by Gasteiger charge is 1.91. The Bertz CT molecular complexity index is 454. The molecule has 18 heavy (non-hydrogen) atoms. The van der Waals surface area contributed by atoms with E-state index in [2.05, 4.69) is 60.7 Å². The van der Waals surface area contributed by atoms with E-state index in [1.165, 1.54) is 30.4 Å². The summed E-state index contributed by atoms with van der Waals surface area (Å²) in [4.78, 5) is 0. The third-order valence-corrected chi connectivity index (χ3v) is 2.98. The molecule has 0 bridgehead atoms. The Morgan fingerprint density at radius 3 is 2.44 bits per heavy atom. The summed E-state index contributed by atoms with van der Waals surface area (Å²) in [5, 5.41) is 0. The van der Waals surface area contributed by atoms with Crippen LogP contribution < -0.4 is 0 Å². The van der Waals surface area contributed by atoms with Crippen LogP contribution >= 0.6 is 0 Å². The van der Waals surface area contributed by atoms with Crippen molar-refractivity contribution in [1.29, 1.82) is 0 Å². The largest absolute Gasteiger partial charge is 0.0839 e. The van der Waals surface area contributed by atoms with Crippen molar-refractivity contribution in [2.75, 3.05) is 0 Å². The number of hydrogen-bond donors (Lipinski definition) is 0. The van der Waals surface area contributed by atoms with Gasteiger partial charge in [-0.3, -0.25) is 0 Å². The highest BCUT2D eigenvalue weighted by atomic mass is 14.0. The van der Waals surface area contributed by atoms with Gasteiger partial charge in [-0.1, -0.05) is 66.7 Å². The molecule has 0 amide bonds. The predicted octanol–water partition coefficient (Wildman–Crippen LogP) is 4.91. The molecule has 0 aromatic heterocycles. The summed E-state index contributed by atoms with van der Waals surface area (Å²) in [7, 11) is 0. The molecular weight excluding hydrogens is 216 g/mol. The second-order valence-corrected chi connectivity index (χ2v) is 4.47. The third-order valence-electron chi connectivity index (χ3n) is 2.98. The average molecular weight is 235 g/mol. The molecule has 0 unspecified atom stereocenters. The Balaban J connectivity index is 1.63. The number of aryl methyl sites for hydroxylation is 1. The van der Waals surface area contributed by atoms with E-state index in [0.717, 1.165) is 6.42 Å². The molecule has 0 atom stereocenters. The molecular formula is C18H19. The summed E-state index contributed by atoms with van der Waals surface area (Å²) in [5.74, 6) is 0. The van der Waals surface area contributed by atoms with Crippen LogP contribution in [0.3, 0.4) is 0 Å². The quantitative estimate of drug-likeness (QED) is 0.624. The van der Waals surface area contributed by atoms with Gasteiger partial charge in [-0.05, 0) is 42.9 Å². The zero-order chi connectivity index (χ0) is 12.5. The Kier molecular flexibility index (Phi) is 5.26. The van der Waals surface area contributed by atoms with Crippen molar-refractivity contribution in [3.63, 3.8) is 0 Å². The fraction of sp³-hybridized carbons (Fsp3) is 0.222. The van der Waals surface area contributed by atoms with Gasteiger partial charge < -0.3 is 0 Å². The van der Waals surface area contributed by atoms with Gasteiger partial charge in [0, 0.05) is 0 Å². The minimum absolute atomic E-state index is 1.16. The fourth-order valence-electron chi connectivity index (χ4n) is 1.96. The lowest BCUT2D eigenvalue weighted by molar-refractivity contribution is 0.749. The van der Waals surface area contributed by atoms with E-state index in [0.29, 0.717) is 0 Å². The third kappa shape index (κ3) is 4.58. The summed E-state index contributed by atoms with van der Waals surface area (Å²) < 4.78 is 0. The highest BCUT2D eigenvalue weighted by Crippen LogP contribution is 2.08. The van der Waals surface area contributed by atoms with E-state index in [4.69, 9.17) is 0 Å². The molecule has 0 saturated carbocycles. The lowest BCUT2D eigenvalue weighted by Gasteiger charge is -1.99. The maximum atomic E-state index is 3.05. The van der Waals surface area contributed by atoms with Crippen LogP contribution in [0.5, 0.6) is 0 Å². The molecule has 0 fully saturated rings. The van der Waals surface area contributed by atoms with E-state index in [9.17, 15) is 0 Å². The minimum Gasteiger partial charge on any atom is -0.0839 e. The van der Waals surface area contributed by atoms with Gasteiger partial charge in [-0.15, -0.1) is 0 Å². The van der Waals surface area contributed by atoms with Crippen LogP contribution in [-0.4, -0.2) is 0 Å². The highest BCUT2D eigenvalue weighted by molar-refractivity contribution is 5.48. The summed E-state index contributed by atoms with van der Waals surface area (Å²) in [6.45, 7) is 0. The van der Waals surface area contributed by atoms with Gasteiger partial charge in [-0.2, -0.15) is 0 Å². The van der Waals surface area contributed by atoms with Crippen LogP contribution in [0.2, 0.25) is 0 Å². The first-order valence-electron chi connectivity index (χ1n) is 6.62. The van der Waals surface area contributed by atoms with Gasteiger partial charge >= 0.3 is 0 Å². The van der Waals surface area contributed by atoms with Gasteiger partial charge in [-0.25, -0.2) is 0 Å². The van der Waals surface area contributed by atoms with Crippen LogP contribution in [0, 0.1) is 6.07 Å². The molecule has 0 saturated heterocycles. The van der Waals surface area contributed by atoms with Gasteiger partial charge in [0.25, 0.3) is 0 Å². The first-order valence-corrected chi connectivity index (χ1v) is 6.62. The molecule has 0 nitrogen and oxygen atoms in total. The van der Waals surface area contributed by atoms with Gasteiger partial charge in [0.1, 0.15) is 0 Å². The van der Waals surface area contributed by atoms with E-state index >= 15 is 0 Å². The van der Waals surface area contributed by atoms with Crippen LogP contribution in [0.25, 0.3) is 6.08 Å². The fourth-order valence-corrected chi connectivity index (χ4v) is 1.96. The Morgan fingerprint density at radius 2 is 1.67 bits per heavy atom. The smallest absolute Gasteiger partial charge is 0.0184 e. The molecule has 0 spiro atoms. The van der Waals surface area contributed by atoms with Crippen LogP contribution in [0.4, 0.5) is 0 Å². The SMILES string of the molecule is [c]1ccc(CCCCC=Cc2ccccc2)cc1. The number of unbranched alkanes of at least 4 members (excludes halogenated alkanes) is 2. The monoisotopic (exact) mass is 235 g/mol. The molecule has 0 aliphatic rings. The minimum atomic E-state index is 1.16. The van der Waals surface area contributed by atoms with Crippen LogP contribution in [-0.2, 0) is 6.42 Å². The zero-order valence-electron chi connectivity index (χ0n) is 10.7. The van der Waals surface area contributed by atoms with Crippen LogP contribution in [0.1, 0.15) is 30.4 Å². The van der Waals surface area contributed by atoms with E-state index in [1.54, 1.807) is 0 Å². The van der Waals surface area contributed by atoms with E-state index < -0.39 is 0 Å². The van der Waals surface area contributed by atoms with Crippen molar-refractivity contribution in [3.8, 4) is 0 Å². The van der Waals surface area contributed by atoms with Gasteiger partial charge in [0.05, 0.1) is 0 Å². The summed E-state index contributed by atoms with van der Waals surface area (Å²) in [6, 6.07) is 21.8. The molecule has 91 valence electrons. The van der Waals surface area contributed by atoms with Crippen molar-refractivity contribution in [1.82, 2.24) is 0 Å². The normalized spacial score (nSPS) is 10.9. The Morgan fingerprint density at radius 1 is 0.889 bits per heavy atom. The van der Waals surface area contributed by atoms with E-state index in [1.807, 2.05) is 12.1 Å². The molecule has 2 aromatic carbocycles. The summed E-state index contributed by atoms with van der Waals surface area (Å²) in [5.41, 5.74) is 2.71. The maximum Gasteiger partial charge on any atom is -0.0184 e. The number of allylic oxidation sites excluding steroid dienone is 1. The molecule has 0 heterocycles. The number of benzene rings is 2. The van der Waals surface area contributed by atoms with E-state index in [-0.39, 0.29) is 0 Å². The molecule has 2 rings (SSSR count). The van der Waals surface area contributed by atoms with Crippen molar-refractivity contribution in [2.45, 2.75) is 25.7 Å². The second kappa shape index (κ2) is 7.50. The van der Waals surface area contributed by atoms with Crippen LogP contribution in [0.15, 0.2) is 60.7 Å². The first kappa shape index (κ1) is 12.6. The maximum absolute atomic E-state index is 3.05. The van der Waals surface area contributed by atoms with Gasteiger partial charge in [0.15, 0.2) is 0 Å². The van der Waals surface area contributed by atoms with Crippen molar-refractivity contribution >= 4 is 6.08 Å². The summed E-state index contributed by atoms with van der Waals surface area (Å²) >= 11 is 0. The Hall–Kier alpha value is -1.82. The van der Waals surface area contributed by atoms with Gasteiger partial charge in [0.2, 0.25) is 0 Å². The Labute approximate surface area is 110 Å². The summed E-state index contributed by atoms with van der Waals surface area (Å²) in [6.07, 6.45) is 9.32.